The predicted octanol–water partition coefficient (Wildman–Crippen LogP) is 1.36. The lowest BCUT2D eigenvalue weighted by Crippen LogP contribution is -2.45. The van der Waals surface area contributed by atoms with Crippen LogP contribution in [0.15, 0.2) is 30.3 Å². The highest BCUT2D eigenvalue weighted by Gasteiger charge is 2.44. The van der Waals surface area contributed by atoms with Crippen molar-refractivity contribution < 1.29 is 29.8 Å². The van der Waals surface area contributed by atoms with E-state index in [4.69, 9.17) is 5.11 Å². The van der Waals surface area contributed by atoms with Crippen molar-refractivity contribution >= 4 is 17.8 Å². The first kappa shape index (κ1) is 16.6. The van der Waals surface area contributed by atoms with Gasteiger partial charge in [-0.3, -0.25) is 19.6 Å². The monoisotopic (exact) mass is 295 g/mol. The number of carbonyl (C=O) groups is 3. The Morgan fingerprint density at radius 2 is 1.71 bits per heavy atom. The first-order chi connectivity index (χ1) is 9.77. The molecule has 0 aliphatic carbocycles. The molecule has 21 heavy (non-hydrogen) atoms. The molecule has 3 N–H and O–H groups in total. The third-order valence-corrected chi connectivity index (χ3v) is 3.19. The van der Waals surface area contributed by atoms with Crippen LogP contribution in [-0.4, -0.2) is 38.3 Å². The minimum atomic E-state index is -1.98. The third kappa shape index (κ3) is 4.28. The zero-order valence-corrected chi connectivity index (χ0v) is 11.5. The number of carboxylic acid groups (broad SMARTS) is 2. The predicted molar refractivity (Wildman–Crippen MR) is 71.4 cm³/mol. The Morgan fingerprint density at radius 3 is 2.19 bits per heavy atom. The zero-order chi connectivity index (χ0) is 16.0. The molecule has 0 spiro atoms. The number of nitrogens with zero attached hydrogens (tertiary/aromatic N) is 1. The van der Waals surface area contributed by atoms with E-state index in [1.807, 2.05) is 0 Å². The van der Waals surface area contributed by atoms with Gasteiger partial charge in [0.25, 0.3) is 5.91 Å². The molecule has 1 aromatic rings. The van der Waals surface area contributed by atoms with Crippen LogP contribution in [0.1, 0.15) is 25.3 Å². The summed E-state index contributed by atoms with van der Waals surface area (Å²) in [5, 5.41) is 27.9. The largest absolute Gasteiger partial charge is 0.481 e. The average Bonchev–Trinajstić information content (AvgIpc) is 2.44. The summed E-state index contributed by atoms with van der Waals surface area (Å²) in [7, 11) is 0. The molecule has 0 radical (unpaired) electrons. The third-order valence-electron chi connectivity index (χ3n) is 3.19. The number of aliphatic carboxylic acids is 2. The van der Waals surface area contributed by atoms with Gasteiger partial charge in [0.05, 0.1) is 6.54 Å². The molecule has 0 aromatic heterocycles. The normalized spacial score (nSPS) is 13.2. The molecule has 1 rings (SSSR count). The Kier molecular flexibility index (Phi) is 5.43. The average molecular weight is 295 g/mol. The Hall–Kier alpha value is -2.41. The van der Waals surface area contributed by atoms with E-state index in [-0.39, 0.29) is 6.54 Å². The Bertz CT molecular complexity index is 530. The van der Waals surface area contributed by atoms with Crippen LogP contribution in [0.4, 0.5) is 0 Å². The van der Waals surface area contributed by atoms with Gasteiger partial charge >= 0.3 is 11.9 Å². The van der Waals surface area contributed by atoms with Crippen molar-refractivity contribution in [3.8, 4) is 0 Å². The number of carboxylic acids is 2. The summed E-state index contributed by atoms with van der Waals surface area (Å²) in [6, 6.07) is 8.54. The van der Waals surface area contributed by atoms with Crippen LogP contribution in [0.25, 0.3) is 0 Å². The van der Waals surface area contributed by atoms with Gasteiger partial charge in [0.15, 0.2) is 0 Å². The van der Waals surface area contributed by atoms with E-state index in [0.29, 0.717) is 10.6 Å². The maximum Gasteiger partial charge on any atom is 0.319 e. The van der Waals surface area contributed by atoms with Gasteiger partial charge in [0.2, 0.25) is 0 Å². The molecule has 0 bridgehead atoms. The molecule has 114 valence electrons. The highest BCUT2D eigenvalue weighted by molar-refractivity contribution is 6.01. The molecule has 1 atom stereocenters. The lowest BCUT2D eigenvalue weighted by Gasteiger charge is -2.27. The van der Waals surface area contributed by atoms with Gasteiger partial charge in [-0.15, -0.1) is 0 Å². The molecule has 7 nitrogen and oxygen atoms in total. The number of benzene rings is 1. The van der Waals surface area contributed by atoms with Gasteiger partial charge in [-0.05, 0) is 18.9 Å². The number of hydroxylamine groups is 2. The Morgan fingerprint density at radius 1 is 1.14 bits per heavy atom. The van der Waals surface area contributed by atoms with Gasteiger partial charge in [-0.2, -0.15) is 0 Å². The SMILES string of the molecule is CC(CCC(=O)O)(C(=O)O)C(=O)N(O)Cc1ccccc1. The van der Waals surface area contributed by atoms with Gasteiger partial charge < -0.3 is 10.2 Å². The lowest BCUT2D eigenvalue weighted by molar-refractivity contribution is -0.185. The fourth-order valence-corrected chi connectivity index (χ4v) is 1.78. The van der Waals surface area contributed by atoms with Crippen molar-refractivity contribution in [2.45, 2.75) is 26.3 Å². The number of carbonyl (C=O) groups excluding carboxylic acids is 1. The summed E-state index contributed by atoms with van der Waals surface area (Å²) in [6.45, 7) is 0.935. The first-order valence-electron chi connectivity index (χ1n) is 6.27. The maximum atomic E-state index is 12.1. The van der Waals surface area contributed by atoms with Gasteiger partial charge in [-0.1, -0.05) is 30.3 Å². The highest BCUT2D eigenvalue weighted by Crippen LogP contribution is 2.27. The van der Waals surface area contributed by atoms with Crippen molar-refractivity contribution in [1.29, 1.82) is 0 Å². The van der Waals surface area contributed by atoms with Crippen molar-refractivity contribution in [1.82, 2.24) is 5.06 Å². The number of hydrogen-bond acceptors (Lipinski definition) is 4. The van der Waals surface area contributed by atoms with Crippen molar-refractivity contribution in [3.05, 3.63) is 35.9 Å². The molecule has 0 heterocycles. The fraction of sp³-hybridized carbons (Fsp3) is 0.357. The number of hydrogen-bond donors (Lipinski definition) is 3. The molecule has 0 saturated heterocycles. The van der Waals surface area contributed by atoms with E-state index < -0.39 is 36.1 Å². The number of rotatable bonds is 7. The van der Waals surface area contributed by atoms with Crippen LogP contribution in [0.2, 0.25) is 0 Å². The second kappa shape index (κ2) is 6.85. The highest BCUT2D eigenvalue weighted by atomic mass is 16.5. The summed E-state index contributed by atoms with van der Waals surface area (Å²) in [5.41, 5.74) is -1.36. The van der Waals surface area contributed by atoms with Crippen LogP contribution in [-0.2, 0) is 20.9 Å². The molecule has 0 aliphatic heterocycles. The summed E-state index contributed by atoms with van der Waals surface area (Å²) in [5.74, 6) is -3.72. The molecule has 1 unspecified atom stereocenters. The lowest BCUT2D eigenvalue weighted by atomic mass is 9.84. The minimum Gasteiger partial charge on any atom is -0.481 e. The van der Waals surface area contributed by atoms with Crippen LogP contribution >= 0.6 is 0 Å². The molecular formula is C14H17NO6. The van der Waals surface area contributed by atoms with Crippen molar-refractivity contribution in [2.24, 2.45) is 5.41 Å². The van der Waals surface area contributed by atoms with E-state index in [1.54, 1.807) is 30.3 Å². The molecule has 7 heteroatoms. The molecular weight excluding hydrogens is 278 g/mol. The molecule has 0 aliphatic rings. The van der Waals surface area contributed by atoms with Crippen LogP contribution < -0.4 is 0 Å². The second-order valence-corrected chi connectivity index (χ2v) is 4.88. The smallest absolute Gasteiger partial charge is 0.319 e. The molecule has 0 fully saturated rings. The van der Waals surface area contributed by atoms with Crippen LogP contribution in [0, 0.1) is 5.41 Å². The van der Waals surface area contributed by atoms with Crippen molar-refractivity contribution in [3.63, 3.8) is 0 Å². The Labute approximate surface area is 121 Å². The second-order valence-electron chi connectivity index (χ2n) is 4.88. The van der Waals surface area contributed by atoms with Gasteiger partial charge in [0.1, 0.15) is 5.41 Å². The molecule has 1 aromatic carbocycles. The van der Waals surface area contributed by atoms with E-state index in [1.165, 1.54) is 0 Å². The Balaban J connectivity index is 2.85. The van der Waals surface area contributed by atoms with Gasteiger partial charge in [-0.25, -0.2) is 5.06 Å². The van der Waals surface area contributed by atoms with Crippen LogP contribution in [0.3, 0.4) is 0 Å². The molecule has 1 amide bonds. The fourth-order valence-electron chi connectivity index (χ4n) is 1.78. The van der Waals surface area contributed by atoms with E-state index in [0.717, 1.165) is 6.92 Å². The zero-order valence-electron chi connectivity index (χ0n) is 11.5. The van der Waals surface area contributed by atoms with Crippen molar-refractivity contribution in [2.75, 3.05) is 0 Å². The number of amides is 1. The summed E-state index contributed by atoms with van der Waals surface area (Å²) < 4.78 is 0. The minimum absolute atomic E-state index is 0.171. The standard InChI is InChI=1S/C14H17NO6/c1-14(13(19)20,8-7-11(16)17)12(18)15(21)9-10-5-3-2-4-6-10/h2-6,21H,7-9H2,1H3,(H,16,17)(H,19,20). The summed E-state index contributed by atoms with van der Waals surface area (Å²) >= 11 is 0. The maximum absolute atomic E-state index is 12.1. The summed E-state index contributed by atoms with van der Waals surface area (Å²) in [6.07, 6.45) is -0.879. The quantitative estimate of drug-likeness (QED) is 0.397. The van der Waals surface area contributed by atoms with Crippen LogP contribution in [0.5, 0.6) is 0 Å². The van der Waals surface area contributed by atoms with Gasteiger partial charge in [0, 0.05) is 6.42 Å². The van der Waals surface area contributed by atoms with E-state index >= 15 is 0 Å². The van der Waals surface area contributed by atoms with E-state index in [2.05, 4.69) is 0 Å². The van der Waals surface area contributed by atoms with E-state index in [9.17, 15) is 24.7 Å². The topological polar surface area (TPSA) is 115 Å². The summed E-state index contributed by atoms with van der Waals surface area (Å²) in [4.78, 5) is 34.0. The molecule has 0 saturated carbocycles. The first-order valence-corrected chi connectivity index (χ1v) is 6.27.